The highest BCUT2D eigenvalue weighted by molar-refractivity contribution is 7.11. The van der Waals surface area contributed by atoms with Crippen molar-refractivity contribution in [1.29, 1.82) is 0 Å². The molecule has 2 aliphatic heterocycles. The Bertz CT molecular complexity index is 932. The van der Waals surface area contributed by atoms with Crippen molar-refractivity contribution in [1.82, 2.24) is 9.91 Å². The number of hydrogen-bond donors (Lipinski definition) is 0. The number of carbonyl (C=O) groups is 1. The highest BCUT2D eigenvalue weighted by atomic mass is 32.1. The largest absolute Gasteiger partial charge is 0.294 e. The van der Waals surface area contributed by atoms with Crippen LogP contribution in [0, 0.1) is 11.8 Å². The van der Waals surface area contributed by atoms with Crippen LogP contribution in [0.1, 0.15) is 54.8 Å². The van der Waals surface area contributed by atoms with Crippen LogP contribution in [0.5, 0.6) is 0 Å². The second-order valence-corrected chi connectivity index (χ2v) is 10.8. The van der Waals surface area contributed by atoms with Crippen molar-refractivity contribution < 1.29 is 4.79 Å². The summed E-state index contributed by atoms with van der Waals surface area (Å²) < 4.78 is 0. The molecule has 3 atom stereocenters. The number of nitrogens with zero attached hydrogens (tertiary/aromatic N) is 3. The Morgan fingerprint density at radius 2 is 2.07 bits per heavy atom. The van der Waals surface area contributed by atoms with E-state index >= 15 is 0 Å². The molecular weight excluding hydrogens is 410 g/mol. The molecule has 1 saturated heterocycles. The van der Waals surface area contributed by atoms with Crippen LogP contribution in [-0.2, 0) is 4.79 Å². The number of amides is 1. The Labute approximate surface area is 186 Å². The number of thiophene rings is 2. The smallest absolute Gasteiger partial charge is 0.257 e. The molecule has 0 N–H and O–H groups in total. The average molecular weight is 440 g/mol. The molecule has 2 aromatic rings. The molecule has 3 aliphatic rings. The summed E-state index contributed by atoms with van der Waals surface area (Å²) in [5.74, 6) is 1.14. The molecule has 2 fully saturated rings. The van der Waals surface area contributed by atoms with Gasteiger partial charge in [-0.05, 0) is 79.1 Å². The maximum absolute atomic E-state index is 13.5. The normalized spacial score (nSPS) is 28.6. The molecule has 0 radical (unpaired) electrons. The zero-order valence-corrected chi connectivity index (χ0v) is 19.1. The van der Waals surface area contributed by atoms with Gasteiger partial charge in [-0.2, -0.15) is 5.10 Å². The quantitative estimate of drug-likeness (QED) is 0.616. The van der Waals surface area contributed by atoms with E-state index in [1.807, 2.05) is 5.01 Å². The molecule has 3 unspecified atom stereocenters. The number of piperidine rings is 1. The van der Waals surface area contributed by atoms with Gasteiger partial charge in [-0.3, -0.25) is 9.69 Å². The van der Waals surface area contributed by atoms with Crippen LogP contribution in [0.2, 0.25) is 0 Å². The lowest BCUT2D eigenvalue weighted by Gasteiger charge is -2.33. The minimum absolute atomic E-state index is 0.0572. The van der Waals surface area contributed by atoms with Gasteiger partial charge in [0.2, 0.25) is 0 Å². The molecule has 0 spiro atoms. The van der Waals surface area contributed by atoms with Crippen LogP contribution >= 0.6 is 22.7 Å². The van der Waals surface area contributed by atoms with Crippen LogP contribution in [0.25, 0.3) is 6.08 Å². The summed E-state index contributed by atoms with van der Waals surface area (Å²) in [4.78, 5) is 18.3. The van der Waals surface area contributed by atoms with E-state index in [2.05, 4.69) is 52.9 Å². The standard InChI is InChI=1S/C24H29N3OS2/c1-17-6-3-11-26(15-17)16-22(28)27-24(21-10-5-13-30-21)20-9-2-7-18(23(20)25-27)14-19-8-4-12-29-19/h4-5,8,10,12-14,17,20,24H,2-3,6-7,9,11,15-16H2,1H3/b18-14-. The van der Waals surface area contributed by atoms with Gasteiger partial charge in [0.25, 0.3) is 5.91 Å². The molecule has 158 valence electrons. The second kappa shape index (κ2) is 8.77. The predicted molar refractivity (Wildman–Crippen MR) is 126 cm³/mol. The van der Waals surface area contributed by atoms with E-state index in [4.69, 9.17) is 5.10 Å². The number of fused-ring (bicyclic) bond motifs is 1. The summed E-state index contributed by atoms with van der Waals surface area (Å²) in [6, 6.07) is 8.58. The monoisotopic (exact) mass is 439 g/mol. The van der Waals surface area contributed by atoms with Gasteiger partial charge in [0, 0.05) is 22.2 Å². The maximum atomic E-state index is 13.5. The lowest BCUT2D eigenvalue weighted by molar-refractivity contribution is -0.135. The summed E-state index contributed by atoms with van der Waals surface area (Å²) in [6.45, 7) is 4.82. The average Bonchev–Trinajstić information content (AvgIpc) is 3.48. The first-order valence-corrected chi connectivity index (χ1v) is 12.9. The Morgan fingerprint density at radius 1 is 1.20 bits per heavy atom. The zero-order chi connectivity index (χ0) is 20.5. The highest BCUT2D eigenvalue weighted by Crippen LogP contribution is 2.45. The van der Waals surface area contributed by atoms with Gasteiger partial charge in [-0.15, -0.1) is 22.7 Å². The zero-order valence-electron chi connectivity index (χ0n) is 17.5. The lowest BCUT2D eigenvalue weighted by atomic mass is 9.79. The van der Waals surface area contributed by atoms with Crippen LogP contribution in [0.3, 0.4) is 0 Å². The Balaban J connectivity index is 1.44. The van der Waals surface area contributed by atoms with Crippen molar-refractivity contribution >= 4 is 40.4 Å². The SMILES string of the molecule is CC1CCCN(CC(=O)N2N=C3/C(=C\c4cccs4)CCCC3C2c2cccs2)C1. The third-order valence-corrected chi connectivity index (χ3v) is 8.31. The predicted octanol–water partition coefficient (Wildman–Crippen LogP) is 5.66. The van der Waals surface area contributed by atoms with Crippen molar-refractivity contribution in [2.45, 2.75) is 45.1 Å². The number of carbonyl (C=O) groups excluding carboxylic acids is 1. The van der Waals surface area contributed by atoms with Gasteiger partial charge in [-0.25, -0.2) is 5.01 Å². The molecule has 1 amide bonds. The molecule has 4 heterocycles. The van der Waals surface area contributed by atoms with Crippen molar-refractivity contribution in [3.63, 3.8) is 0 Å². The summed E-state index contributed by atoms with van der Waals surface area (Å²) in [7, 11) is 0. The molecule has 0 bridgehead atoms. The van der Waals surface area contributed by atoms with Crippen molar-refractivity contribution in [2.24, 2.45) is 16.9 Å². The molecule has 0 aromatic carbocycles. The molecular formula is C24H29N3OS2. The van der Waals surface area contributed by atoms with Gasteiger partial charge >= 0.3 is 0 Å². The van der Waals surface area contributed by atoms with E-state index in [0.717, 1.165) is 38.1 Å². The second-order valence-electron chi connectivity index (χ2n) is 8.85. The summed E-state index contributed by atoms with van der Waals surface area (Å²) in [6.07, 6.45) is 8.07. The van der Waals surface area contributed by atoms with Gasteiger partial charge in [0.1, 0.15) is 0 Å². The van der Waals surface area contributed by atoms with Gasteiger partial charge in [0.15, 0.2) is 0 Å². The van der Waals surface area contributed by atoms with Crippen LogP contribution < -0.4 is 0 Å². The van der Waals surface area contributed by atoms with E-state index in [-0.39, 0.29) is 11.9 Å². The third-order valence-electron chi connectivity index (χ3n) is 6.55. The van der Waals surface area contributed by atoms with Gasteiger partial charge in [-0.1, -0.05) is 19.1 Å². The van der Waals surface area contributed by atoms with E-state index in [9.17, 15) is 4.79 Å². The first-order valence-electron chi connectivity index (χ1n) is 11.1. The van der Waals surface area contributed by atoms with Gasteiger partial charge in [0.05, 0.1) is 18.3 Å². The molecule has 30 heavy (non-hydrogen) atoms. The Morgan fingerprint density at radius 3 is 2.83 bits per heavy atom. The van der Waals surface area contributed by atoms with Crippen molar-refractivity contribution in [2.75, 3.05) is 19.6 Å². The number of allylic oxidation sites excluding steroid dienone is 1. The van der Waals surface area contributed by atoms with Crippen LogP contribution in [-0.4, -0.2) is 41.2 Å². The van der Waals surface area contributed by atoms with E-state index in [1.54, 1.807) is 22.7 Å². The molecule has 4 nitrogen and oxygen atoms in total. The number of rotatable bonds is 4. The van der Waals surface area contributed by atoms with E-state index in [0.29, 0.717) is 18.4 Å². The minimum Gasteiger partial charge on any atom is -0.294 e. The lowest BCUT2D eigenvalue weighted by Crippen LogP contribution is -2.43. The summed E-state index contributed by atoms with van der Waals surface area (Å²) in [5.41, 5.74) is 2.46. The van der Waals surface area contributed by atoms with Crippen LogP contribution in [0.15, 0.2) is 45.7 Å². The Kier molecular flexibility index (Phi) is 5.89. The third kappa shape index (κ3) is 4.05. The number of likely N-dealkylation sites (tertiary alicyclic amines) is 1. The van der Waals surface area contributed by atoms with Crippen molar-refractivity contribution in [3.8, 4) is 0 Å². The summed E-state index contributed by atoms with van der Waals surface area (Å²) in [5, 5.41) is 11.1. The number of hydrazone groups is 1. The number of hydrogen-bond acceptors (Lipinski definition) is 5. The molecule has 2 aromatic heterocycles. The fraction of sp³-hybridized carbons (Fsp3) is 0.500. The molecule has 6 heteroatoms. The molecule has 1 saturated carbocycles. The van der Waals surface area contributed by atoms with Crippen LogP contribution in [0.4, 0.5) is 0 Å². The highest BCUT2D eigenvalue weighted by Gasteiger charge is 2.44. The fourth-order valence-electron chi connectivity index (χ4n) is 5.18. The topological polar surface area (TPSA) is 35.9 Å². The van der Waals surface area contributed by atoms with E-state index in [1.165, 1.54) is 28.2 Å². The fourth-order valence-corrected chi connectivity index (χ4v) is 6.74. The first-order chi connectivity index (χ1) is 14.7. The Hall–Kier alpha value is -1.76. The molecule has 5 rings (SSSR count). The van der Waals surface area contributed by atoms with Crippen molar-refractivity contribution in [3.05, 3.63) is 50.4 Å². The van der Waals surface area contributed by atoms with Gasteiger partial charge < -0.3 is 0 Å². The maximum Gasteiger partial charge on any atom is 0.257 e. The minimum atomic E-state index is 0.0572. The molecule has 1 aliphatic carbocycles. The summed E-state index contributed by atoms with van der Waals surface area (Å²) >= 11 is 3.52. The van der Waals surface area contributed by atoms with E-state index < -0.39 is 0 Å². The first kappa shape index (κ1) is 20.2.